The summed E-state index contributed by atoms with van der Waals surface area (Å²) in [7, 11) is 1.58. The van der Waals surface area contributed by atoms with E-state index in [2.05, 4.69) is 15.8 Å². The van der Waals surface area contributed by atoms with Crippen molar-refractivity contribution < 1.29 is 13.9 Å². The maximum Gasteiger partial charge on any atom is 0.259 e. The zero-order valence-corrected chi connectivity index (χ0v) is 12.0. The van der Waals surface area contributed by atoms with E-state index in [1.807, 2.05) is 18.2 Å². The van der Waals surface area contributed by atoms with Crippen LogP contribution < -0.4 is 15.5 Å². The molecule has 1 amide bonds. The molecule has 2 aromatic carbocycles. The Bertz CT molecular complexity index is 657. The molecule has 5 nitrogen and oxygen atoms in total. The number of rotatable bonds is 6. The van der Waals surface area contributed by atoms with Gasteiger partial charge in [0.2, 0.25) is 0 Å². The molecule has 0 atom stereocenters. The molecule has 0 aliphatic heterocycles. The zero-order chi connectivity index (χ0) is 15.8. The van der Waals surface area contributed by atoms with Gasteiger partial charge in [-0.2, -0.15) is 5.10 Å². The molecule has 0 saturated heterocycles. The number of nitrogens with zero attached hydrogens (tertiary/aromatic N) is 1. The molecule has 114 valence electrons. The van der Waals surface area contributed by atoms with Gasteiger partial charge in [-0.1, -0.05) is 12.1 Å². The van der Waals surface area contributed by atoms with Gasteiger partial charge in [-0.3, -0.25) is 4.79 Å². The maximum absolute atomic E-state index is 12.7. The summed E-state index contributed by atoms with van der Waals surface area (Å²) < 4.78 is 17.8. The monoisotopic (exact) mass is 301 g/mol. The summed E-state index contributed by atoms with van der Waals surface area (Å²) in [5, 5.41) is 6.73. The fraction of sp³-hybridized carbons (Fsp3) is 0.125. The first kappa shape index (κ1) is 15.5. The number of ether oxygens (including phenoxy) is 1. The van der Waals surface area contributed by atoms with E-state index in [0.29, 0.717) is 11.4 Å². The molecule has 0 fully saturated rings. The molecule has 0 radical (unpaired) electrons. The third kappa shape index (κ3) is 4.90. The van der Waals surface area contributed by atoms with Gasteiger partial charge >= 0.3 is 0 Å². The average Bonchev–Trinajstić information content (AvgIpc) is 2.54. The summed E-state index contributed by atoms with van der Waals surface area (Å²) in [5.41, 5.74) is 3.88. The molecular formula is C16H16FN3O2. The van der Waals surface area contributed by atoms with Gasteiger partial charge in [0.1, 0.15) is 11.6 Å². The Morgan fingerprint density at radius 2 is 2.05 bits per heavy atom. The van der Waals surface area contributed by atoms with E-state index >= 15 is 0 Å². The average molecular weight is 301 g/mol. The molecule has 0 bridgehead atoms. The lowest BCUT2D eigenvalue weighted by Crippen LogP contribution is -2.25. The largest absolute Gasteiger partial charge is 0.497 e. The van der Waals surface area contributed by atoms with E-state index in [1.165, 1.54) is 18.3 Å². The van der Waals surface area contributed by atoms with Gasteiger partial charge in [0, 0.05) is 5.69 Å². The third-order valence-electron chi connectivity index (χ3n) is 2.79. The normalized spacial score (nSPS) is 10.5. The topological polar surface area (TPSA) is 62.7 Å². The van der Waals surface area contributed by atoms with Crippen molar-refractivity contribution in [2.45, 2.75) is 0 Å². The number of carbonyl (C=O) groups is 1. The van der Waals surface area contributed by atoms with E-state index in [4.69, 9.17) is 4.74 Å². The minimum absolute atomic E-state index is 0.0427. The highest BCUT2D eigenvalue weighted by Gasteiger charge is 1.99. The predicted molar refractivity (Wildman–Crippen MR) is 83.6 cm³/mol. The number of carbonyl (C=O) groups excluding carboxylic acids is 1. The van der Waals surface area contributed by atoms with E-state index in [9.17, 15) is 9.18 Å². The number of anilines is 1. The maximum atomic E-state index is 12.7. The SMILES string of the molecule is COc1cccc(/C=N/NC(=O)CNc2ccc(F)cc2)c1. The molecule has 2 rings (SSSR count). The summed E-state index contributed by atoms with van der Waals surface area (Å²) in [6.07, 6.45) is 1.53. The molecule has 2 aromatic rings. The van der Waals surface area contributed by atoms with Crippen molar-refractivity contribution >= 4 is 17.8 Å². The van der Waals surface area contributed by atoms with Gasteiger partial charge in [0.05, 0.1) is 19.9 Å². The van der Waals surface area contributed by atoms with Gasteiger partial charge in [-0.15, -0.1) is 0 Å². The van der Waals surface area contributed by atoms with E-state index in [1.54, 1.807) is 25.3 Å². The van der Waals surface area contributed by atoms with Crippen molar-refractivity contribution in [3.8, 4) is 5.75 Å². The lowest BCUT2D eigenvalue weighted by molar-refractivity contribution is -0.119. The number of hydrogen-bond acceptors (Lipinski definition) is 4. The molecule has 0 saturated carbocycles. The first-order valence-electron chi connectivity index (χ1n) is 6.63. The van der Waals surface area contributed by atoms with Crippen LogP contribution in [0.4, 0.5) is 10.1 Å². The van der Waals surface area contributed by atoms with Crippen LogP contribution in [0.25, 0.3) is 0 Å². The van der Waals surface area contributed by atoms with Crippen LogP contribution in [0.15, 0.2) is 53.6 Å². The van der Waals surface area contributed by atoms with Crippen LogP contribution in [0.5, 0.6) is 5.75 Å². The van der Waals surface area contributed by atoms with E-state index < -0.39 is 0 Å². The number of amides is 1. The van der Waals surface area contributed by atoms with Crippen molar-refractivity contribution in [1.29, 1.82) is 0 Å². The van der Waals surface area contributed by atoms with Gasteiger partial charge in [0.25, 0.3) is 5.91 Å². The standard InChI is InChI=1S/C16H16FN3O2/c1-22-15-4-2-3-12(9-15)10-19-20-16(21)11-18-14-7-5-13(17)6-8-14/h2-10,18H,11H2,1H3,(H,20,21)/b19-10+. The number of hydrazone groups is 1. The van der Waals surface area contributed by atoms with Crippen molar-refractivity contribution in [1.82, 2.24) is 5.43 Å². The molecule has 22 heavy (non-hydrogen) atoms. The third-order valence-corrected chi connectivity index (χ3v) is 2.79. The van der Waals surface area contributed by atoms with E-state index in [-0.39, 0.29) is 18.3 Å². The van der Waals surface area contributed by atoms with Crippen molar-refractivity contribution in [3.63, 3.8) is 0 Å². The number of halogens is 1. The lowest BCUT2D eigenvalue weighted by atomic mass is 10.2. The van der Waals surface area contributed by atoms with Gasteiger partial charge in [-0.25, -0.2) is 9.82 Å². The molecular weight excluding hydrogens is 285 g/mol. The van der Waals surface area contributed by atoms with Crippen LogP contribution in [0.3, 0.4) is 0 Å². The molecule has 0 spiro atoms. The minimum Gasteiger partial charge on any atom is -0.497 e. The summed E-state index contributed by atoms with van der Waals surface area (Å²) in [6, 6.07) is 13.1. The Morgan fingerprint density at radius 3 is 2.77 bits per heavy atom. The van der Waals surface area contributed by atoms with Gasteiger partial charge in [-0.05, 0) is 42.0 Å². The lowest BCUT2D eigenvalue weighted by Gasteiger charge is -2.04. The number of methoxy groups -OCH3 is 1. The number of benzene rings is 2. The predicted octanol–water partition coefficient (Wildman–Crippen LogP) is 2.40. The molecule has 0 aliphatic rings. The Morgan fingerprint density at radius 1 is 1.27 bits per heavy atom. The van der Waals surface area contributed by atoms with Crippen LogP contribution in [-0.4, -0.2) is 25.8 Å². The molecule has 6 heteroatoms. The fourth-order valence-electron chi connectivity index (χ4n) is 1.69. The quantitative estimate of drug-likeness (QED) is 0.636. The highest BCUT2D eigenvalue weighted by Crippen LogP contribution is 2.10. The molecule has 2 N–H and O–H groups in total. The summed E-state index contributed by atoms with van der Waals surface area (Å²) >= 11 is 0. The summed E-state index contributed by atoms with van der Waals surface area (Å²) in [6.45, 7) is 0.0427. The second-order valence-corrected chi connectivity index (χ2v) is 4.43. The molecule has 0 heterocycles. The van der Waals surface area contributed by atoms with Gasteiger partial charge in [0.15, 0.2) is 0 Å². The Labute approximate surface area is 127 Å². The van der Waals surface area contributed by atoms with Gasteiger partial charge < -0.3 is 10.1 Å². The fourth-order valence-corrected chi connectivity index (χ4v) is 1.69. The zero-order valence-electron chi connectivity index (χ0n) is 12.0. The van der Waals surface area contributed by atoms with E-state index in [0.717, 1.165) is 5.56 Å². The van der Waals surface area contributed by atoms with Crippen molar-refractivity contribution in [3.05, 3.63) is 59.9 Å². The Kier molecular flexibility index (Phi) is 5.48. The second-order valence-electron chi connectivity index (χ2n) is 4.43. The van der Waals surface area contributed by atoms with Crippen LogP contribution in [0.1, 0.15) is 5.56 Å². The molecule has 0 unspecified atom stereocenters. The summed E-state index contributed by atoms with van der Waals surface area (Å²) in [5.74, 6) is 0.0922. The van der Waals surface area contributed by atoms with Crippen molar-refractivity contribution in [2.75, 3.05) is 19.0 Å². The second kappa shape index (κ2) is 7.78. The smallest absolute Gasteiger partial charge is 0.259 e. The van der Waals surface area contributed by atoms with Crippen molar-refractivity contribution in [2.24, 2.45) is 5.10 Å². The minimum atomic E-state index is -0.321. The first-order valence-corrected chi connectivity index (χ1v) is 6.63. The van der Waals surface area contributed by atoms with Crippen LogP contribution in [0.2, 0.25) is 0 Å². The Balaban J connectivity index is 1.79. The molecule has 0 aliphatic carbocycles. The van der Waals surface area contributed by atoms with Crippen LogP contribution >= 0.6 is 0 Å². The first-order chi connectivity index (χ1) is 10.7. The van der Waals surface area contributed by atoms with Crippen LogP contribution in [0, 0.1) is 5.82 Å². The Hall–Kier alpha value is -2.89. The molecule has 0 aromatic heterocycles. The number of nitrogens with one attached hydrogen (secondary N) is 2. The number of hydrogen-bond donors (Lipinski definition) is 2. The highest BCUT2D eigenvalue weighted by molar-refractivity contribution is 5.84. The van der Waals surface area contributed by atoms with Crippen LogP contribution in [-0.2, 0) is 4.79 Å². The highest BCUT2D eigenvalue weighted by atomic mass is 19.1. The summed E-state index contributed by atoms with van der Waals surface area (Å²) in [4.78, 5) is 11.6.